The van der Waals surface area contributed by atoms with Crippen molar-refractivity contribution in [1.29, 1.82) is 0 Å². The van der Waals surface area contributed by atoms with E-state index in [0.29, 0.717) is 6.54 Å². The fourth-order valence-corrected chi connectivity index (χ4v) is 0.620. The number of halogens is 1. The molecule has 0 bridgehead atoms. The van der Waals surface area contributed by atoms with Crippen LogP contribution in [0.1, 0.15) is 33.3 Å². The van der Waals surface area contributed by atoms with Crippen LogP contribution in [0.15, 0.2) is 24.3 Å². The summed E-state index contributed by atoms with van der Waals surface area (Å²) in [5.41, 5.74) is 6.23. The van der Waals surface area contributed by atoms with Crippen molar-refractivity contribution < 1.29 is 4.39 Å². The van der Waals surface area contributed by atoms with Gasteiger partial charge >= 0.3 is 0 Å². The topological polar surface area (TPSA) is 26.0 Å². The zero-order valence-corrected chi connectivity index (χ0v) is 8.97. The van der Waals surface area contributed by atoms with Gasteiger partial charge in [-0.1, -0.05) is 39.8 Å². The van der Waals surface area contributed by atoms with Crippen LogP contribution in [-0.2, 0) is 6.54 Å². The highest BCUT2D eigenvalue weighted by Gasteiger charge is 1.87. The van der Waals surface area contributed by atoms with Crippen LogP contribution in [0.5, 0.6) is 0 Å². The zero-order valence-electron chi connectivity index (χ0n) is 8.97. The highest BCUT2D eigenvalue weighted by molar-refractivity contribution is 5.15. The molecule has 0 aliphatic rings. The minimum Gasteiger partial charge on any atom is -0.326 e. The minimum atomic E-state index is -0.216. The molecule has 0 aliphatic heterocycles. The summed E-state index contributed by atoms with van der Waals surface area (Å²) in [6, 6.07) is 6.16. The van der Waals surface area contributed by atoms with Gasteiger partial charge < -0.3 is 5.73 Å². The normalized spacial score (nSPS) is 7.54. The van der Waals surface area contributed by atoms with Crippen molar-refractivity contribution in [2.45, 2.75) is 34.2 Å². The van der Waals surface area contributed by atoms with Crippen molar-refractivity contribution in [3.63, 3.8) is 0 Å². The van der Waals surface area contributed by atoms with Crippen molar-refractivity contribution in [3.05, 3.63) is 35.6 Å². The van der Waals surface area contributed by atoms with E-state index in [2.05, 4.69) is 0 Å². The van der Waals surface area contributed by atoms with Gasteiger partial charge in [0.1, 0.15) is 5.82 Å². The summed E-state index contributed by atoms with van der Waals surface area (Å²) in [6.45, 7) is 8.47. The van der Waals surface area contributed by atoms with Crippen LogP contribution in [0.3, 0.4) is 0 Å². The molecular formula is C11H20FN. The van der Waals surface area contributed by atoms with E-state index in [0.717, 1.165) is 5.56 Å². The Labute approximate surface area is 80.8 Å². The molecule has 1 aromatic rings. The van der Waals surface area contributed by atoms with E-state index >= 15 is 0 Å². The van der Waals surface area contributed by atoms with Gasteiger partial charge in [0.15, 0.2) is 0 Å². The van der Waals surface area contributed by atoms with E-state index < -0.39 is 0 Å². The predicted octanol–water partition coefficient (Wildman–Crippen LogP) is 3.34. The maximum atomic E-state index is 12.2. The number of rotatable bonds is 1. The lowest BCUT2D eigenvalue weighted by Crippen LogP contribution is -1.94. The van der Waals surface area contributed by atoms with Crippen LogP contribution in [0.4, 0.5) is 4.39 Å². The molecule has 1 rings (SSSR count). The summed E-state index contributed by atoms with van der Waals surface area (Å²) in [7, 11) is 0. The van der Waals surface area contributed by atoms with Crippen molar-refractivity contribution in [3.8, 4) is 0 Å². The summed E-state index contributed by atoms with van der Waals surface area (Å²) < 4.78 is 12.2. The average Bonchev–Trinajstić information content (AvgIpc) is 2.25. The fourth-order valence-electron chi connectivity index (χ4n) is 0.620. The van der Waals surface area contributed by atoms with Gasteiger partial charge in [0.05, 0.1) is 0 Å². The Balaban J connectivity index is 0. The van der Waals surface area contributed by atoms with Gasteiger partial charge in [0.25, 0.3) is 0 Å². The summed E-state index contributed by atoms with van der Waals surface area (Å²) in [4.78, 5) is 0. The van der Waals surface area contributed by atoms with Crippen molar-refractivity contribution in [2.75, 3.05) is 0 Å². The monoisotopic (exact) mass is 185 g/mol. The third-order valence-corrected chi connectivity index (χ3v) is 1.15. The molecule has 0 saturated carbocycles. The summed E-state index contributed by atoms with van der Waals surface area (Å²) in [5, 5.41) is 0. The van der Waals surface area contributed by atoms with Gasteiger partial charge in [-0.2, -0.15) is 0 Å². The van der Waals surface area contributed by atoms with E-state index in [9.17, 15) is 4.39 Å². The molecule has 0 atom stereocenters. The molecular weight excluding hydrogens is 165 g/mol. The number of nitrogens with two attached hydrogens (primary N) is 1. The van der Waals surface area contributed by atoms with Crippen LogP contribution in [0, 0.1) is 5.82 Å². The van der Waals surface area contributed by atoms with Crippen molar-refractivity contribution in [1.82, 2.24) is 0 Å². The smallest absolute Gasteiger partial charge is 0.123 e. The first-order chi connectivity index (χ1) is 6.33. The Bertz CT molecular complexity index is 182. The van der Waals surface area contributed by atoms with Gasteiger partial charge in [-0.15, -0.1) is 0 Å². The minimum absolute atomic E-state index is 0.216. The van der Waals surface area contributed by atoms with Crippen molar-refractivity contribution >= 4 is 0 Å². The van der Waals surface area contributed by atoms with Gasteiger partial charge in [-0.3, -0.25) is 0 Å². The van der Waals surface area contributed by atoms with Crippen molar-refractivity contribution in [2.24, 2.45) is 5.73 Å². The molecule has 76 valence electrons. The summed E-state index contributed by atoms with van der Waals surface area (Å²) in [6.07, 6.45) is 0. The first kappa shape index (κ1) is 14.6. The Morgan fingerprint density at radius 1 is 1.00 bits per heavy atom. The summed E-state index contributed by atoms with van der Waals surface area (Å²) in [5.74, 6) is -0.216. The second-order valence-corrected chi connectivity index (χ2v) is 1.83. The maximum Gasteiger partial charge on any atom is 0.123 e. The standard InChI is InChI=1S/C7H8FN.2C2H6/c8-7-3-1-6(5-9)2-4-7;2*1-2/h1-4H,5,9H2;2*1-2H3. The molecule has 0 fully saturated rings. The molecule has 1 nitrogen and oxygen atoms in total. The van der Waals surface area contributed by atoms with Gasteiger partial charge in [0.2, 0.25) is 0 Å². The molecule has 0 amide bonds. The van der Waals surface area contributed by atoms with Crippen LogP contribution in [0.2, 0.25) is 0 Å². The molecule has 2 N–H and O–H groups in total. The highest BCUT2D eigenvalue weighted by Crippen LogP contribution is 2.00. The Kier molecular flexibility index (Phi) is 12.5. The van der Waals surface area contributed by atoms with E-state index in [1.165, 1.54) is 12.1 Å². The fraction of sp³-hybridized carbons (Fsp3) is 0.455. The predicted molar refractivity (Wildman–Crippen MR) is 57.0 cm³/mol. The molecule has 1 aromatic carbocycles. The first-order valence-corrected chi connectivity index (χ1v) is 4.77. The molecule has 0 heterocycles. The van der Waals surface area contributed by atoms with Gasteiger partial charge in [0, 0.05) is 6.54 Å². The number of benzene rings is 1. The van der Waals surface area contributed by atoms with Gasteiger partial charge in [-0.05, 0) is 17.7 Å². The SMILES string of the molecule is CC.CC.NCc1ccc(F)cc1. The Morgan fingerprint density at radius 2 is 1.38 bits per heavy atom. The van der Waals surface area contributed by atoms with E-state index in [4.69, 9.17) is 5.73 Å². The number of hydrogen-bond acceptors (Lipinski definition) is 1. The van der Waals surface area contributed by atoms with Crippen LogP contribution in [0.25, 0.3) is 0 Å². The van der Waals surface area contributed by atoms with E-state index in [1.807, 2.05) is 27.7 Å². The second kappa shape index (κ2) is 11.1. The molecule has 0 spiro atoms. The molecule has 0 radical (unpaired) electrons. The lowest BCUT2D eigenvalue weighted by molar-refractivity contribution is 0.627. The van der Waals surface area contributed by atoms with E-state index in [1.54, 1.807) is 12.1 Å². The van der Waals surface area contributed by atoms with Crippen LogP contribution < -0.4 is 5.73 Å². The molecule has 0 unspecified atom stereocenters. The average molecular weight is 185 g/mol. The summed E-state index contributed by atoms with van der Waals surface area (Å²) >= 11 is 0. The second-order valence-electron chi connectivity index (χ2n) is 1.83. The van der Waals surface area contributed by atoms with Gasteiger partial charge in [-0.25, -0.2) is 4.39 Å². The molecule has 13 heavy (non-hydrogen) atoms. The zero-order chi connectivity index (χ0) is 10.7. The highest BCUT2D eigenvalue weighted by atomic mass is 19.1. The number of hydrogen-bond donors (Lipinski definition) is 1. The first-order valence-electron chi connectivity index (χ1n) is 4.77. The Hall–Kier alpha value is -0.890. The third kappa shape index (κ3) is 7.47. The lowest BCUT2D eigenvalue weighted by atomic mass is 10.2. The lowest BCUT2D eigenvalue weighted by Gasteiger charge is -1.92. The van der Waals surface area contributed by atoms with E-state index in [-0.39, 0.29) is 5.82 Å². The van der Waals surface area contributed by atoms with Crippen LogP contribution in [-0.4, -0.2) is 0 Å². The molecule has 0 aliphatic carbocycles. The quantitative estimate of drug-likeness (QED) is 0.713. The van der Waals surface area contributed by atoms with Crippen LogP contribution >= 0.6 is 0 Å². The molecule has 2 heteroatoms. The third-order valence-electron chi connectivity index (χ3n) is 1.15. The largest absolute Gasteiger partial charge is 0.326 e. The Morgan fingerprint density at radius 3 is 1.69 bits per heavy atom. The molecule has 0 aromatic heterocycles. The maximum absolute atomic E-state index is 12.2. The molecule has 0 saturated heterocycles.